The van der Waals surface area contributed by atoms with Gasteiger partial charge in [-0.15, -0.1) is 10.2 Å². The zero-order valence-corrected chi connectivity index (χ0v) is 17.7. The summed E-state index contributed by atoms with van der Waals surface area (Å²) in [5, 5.41) is 12.3. The van der Waals surface area contributed by atoms with Crippen LogP contribution in [-0.4, -0.2) is 23.2 Å². The van der Waals surface area contributed by atoms with Gasteiger partial charge in [0.05, 0.1) is 17.2 Å². The van der Waals surface area contributed by atoms with Gasteiger partial charge in [-0.25, -0.2) is 0 Å². The number of thioether (sulfide) groups is 1. The van der Waals surface area contributed by atoms with Crippen LogP contribution in [0.3, 0.4) is 0 Å². The summed E-state index contributed by atoms with van der Waals surface area (Å²) in [5.41, 5.74) is 1.30. The molecule has 140 valence electrons. The Morgan fingerprint density at radius 2 is 1.85 bits per heavy atom. The Labute approximate surface area is 179 Å². The highest BCUT2D eigenvalue weighted by atomic mass is 35.5. The van der Waals surface area contributed by atoms with E-state index in [2.05, 4.69) is 15.5 Å². The number of halogens is 3. The van der Waals surface area contributed by atoms with Gasteiger partial charge in [0, 0.05) is 16.3 Å². The van der Waals surface area contributed by atoms with E-state index in [1.807, 2.05) is 24.3 Å². The Hall–Kier alpha value is -1.51. The number of ether oxygens (including phenoxy) is 1. The molecule has 1 heterocycles. The summed E-state index contributed by atoms with van der Waals surface area (Å²) in [5.74, 6) is 0.593. The molecule has 0 spiro atoms. The van der Waals surface area contributed by atoms with Crippen molar-refractivity contribution in [3.63, 3.8) is 0 Å². The molecule has 0 saturated carbocycles. The number of carbonyl (C=O) groups is 1. The summed E-state index contributed by atoms with van der Waals surface area (Å²) in [7, 11) is 1.45. The molecule has 2 aromatic carbocycles. The second-order valence-corrected chi connectivity index (χ2v) is 8.60. The van der Waals surface area contributed by atoms with Crippen molar-refractivity contribution in [2.45, 2.75) is 10.1 Å². The highest BCUT2D eigenvalue weighted by molar-refractivity contribution is 8.00. The number of methoxy groups -OCH3 is 1. The molecule has 0 fully saturated rings. The van der Waals surface area contributed by atoms with Crippen LogP contribution in [0.1, 0.15) is 15.9 Å². The van der Waals surface area contributed by atoms with Gasteiger partial charge in [0.15, 0.2) is 10.1 Å². The van der Waals surface area contributed by atoms with E-state index in [0.717, 1.165) is 9.90 Å². The molecule has 0 saturated heterocycles. The van der Waals surface area contributed by atoms with Gasteiger partial charge < -0.3 is 4.74 Å². The third kappa shape index (κ3) is 5.06. The van der Waals surface area contributed by atoms with Crippen molar-refractivity contribution < 1.29 is 9.53 Å². The van der Waals surface area contributed by atoms with Crippen LogP contribution >= 0.6 is 57.9 Å². The number of rotatable bonds is 6. The maximum atomic E-state index is 12.4. The van der Waals surface area contributed by atoms with E-state index in [-0.39, 0.29) is 16.0 Å². The van der Waals surface area contributed by atoms with E-state index in [1.54, 1.807) is 0 Å². The normalized spacial score (nSPS) is 10.7. The van der Waals surface area contributed by atoms with Gasteiger partial charge in [0.1, 0.15) is 0 Å². The number of nitrogens with one attached hydrogen (secondary N) is 1. The van der Waals surface area contributed by atoms with Crippen LogP contribution in [-0.2, 0) is 5.75 Å². The number of carbonyl (C=O) groups excluding carboxylic acids is 1. The Bertz CT molecular complexity index is 959. The number of amides is 1. The summed E-state index contributed by atoms with van der Waals surface area (Å²) in [6, 6.07) is 10.6. The second kappa shape index (κ2) is 9.12. The number of hydrogen-bond acceptors (Lipinski definition) is 6. The number of benzene rings is 2. The lowest BCUT2D eigenvalue weighted by Gasteiger charge is -2.08. The van der Waals surface area contributed by atoms with E-state index in [4.69, 9.17) is 39.5 Å². The van der Waals surface area contributed by atoms with Crippen LogP contribution in [0, 0.1) is 0 Å². The fraction of sp³-hybridized carbons (Fsp3) is 0.118. The number of aromatic nitrogens is 2. The third-order valence-electron chi connectivity index (χ3n) is 3.40. The summed E-state index contributed by atoms with van der Waals surface area (Å²) in [4.78, 5) is 12.4. The Balaban J connectivity index is 1.65. The van der Waals surface area contributed by atoms with Crippen molar-refractivity contribution in [2.24, 2.45) is 0 Å². The standard InChI is InChI=1S/C17H12Cl3N3O2S2/c1-25-14-12(19)6-10(7-13(14)20)15(24)21-16-22-23-17(27-16)26-8-9-4-2-3-5-11(9)18/h2-7H,8H2,1H3,(H,21,22,24). The SMILES string of the molecule is COc1c(Cl)cc(C(=O)Nc2nnc(SCc3ccccc3Cl)s2)cc1Cl. The summed E-state index contributed by atoms with van der Waals surface area (Å²) in [6.07, 6.45) is 0. The zero-order chi connectivity index (χ0) is 19.4. The molecule has 0 radical (unpaired) electrons. The maximum absolute atomic E-state index is 12.4. The highest BCUT2D eigenvalue weighted by Crippen LogP contribution is 2.34. The molecule has 10 heteroatoms. The van der Waals surface area contributed by atoms with Crippen molar-refractivity contribution >= 4 is 68.9 Å². The molecule has 1 aromatic heterocycles. The van der Waals surface area contributed by atoms with Gasteiger partial charge in [-0.1, -0.05) is 76.1 Å². The summed E-state index contributed by atoms with van der Waals surface area (Å²) in [6.45, 7) is 0. The molecule has 0 aliphatic heterocycles. The average Bonchev–Trinajstić information content (AvgIpc) is 3.08. The number of hydrogen-bond donors (Lipinski definition) is 1. The summed E-state index contributed by atoms with van der Waals surface area (Å²) >= 11 is 21.0. The van der Waals surface area contributed by atoms with E-state index in [0.29, 0.717) is 27.2 Å². The molecule has 0 bridgehead atoms. The van der Waals surface area contributed by atoms with E-state index < -0.39 is 0 Å². The lowest BCUT2D eigenvalue weighted by atomic mass is 10.2. The monoisotopic (exact) mass is 459 g/mol. The van der Waals surface area contributed by atoms with Crippen molar-refractivity contribution in [2.75, 3.05) is 12.4 Å². The fourth-order valence-corrected chi connectivity index (χ4v) is 4.80. The van der Waals surface area contributed by atoms with Gasteiger partial charge in [0.2, 0.25) is 5.13 Å². The minimum atomic E-state index is -0.389. The van der Waals surface area contributed by atoms with Crippen LogP contribution in [0.4, 0.5) is 5.13 Å². The molecule has 0 aliphatic carbocycles. The Kier molecular flexibility index (Phi) is 6.83. The largest absolute Gasteiger partial charge is 0.494 e. The molecule has 5 nitrogen and oxygen atoms in total. The lowest BCUT2D eigenvalue weighted by molar-refractivity contribution is 0.102. The van der Waals surface area contributed by atoms with Crippen molar-refractivity contribution in [1.29, 1.82) is 0 Å². The Morgan fingerprint density at radius 1 is 1.15 bits per heavy atom. The molecule has 0 unspecified atom stereocenters. The van der Waals surface area contributed by atoms with Crippen molar-refractivity contribution in [3.8, 4) is 5.75 Å². The van der Waals surface area contributed by atoms with Gasteiger partial charge in [-0.05, 0) is 23.8 Å². The number of nitrogens with zero attached hydrogens (tertiary/aromatic N) is 2. The van der Waals surface area contributed by atoms with Crippen LogP contribution in [0.25, 0.3) is 0 Å². The predicted octanol–water partition coefficient (Wildman–Crippen LogP) is 6.05. The predicted molar refractivity (Wildman–Crippen MR) is 112 cm³/mol. The lowest BCUT2D eigenvalue weighted by Crippen LogP contribution is -2.12. The molecule has 0 aliphatic rings. The van der Waals surface area contributed by atoms with Gasteiger partial charge in [0.25, 0.3) is 5.91 Å². The molecular weight excluding hydrogens is 449 g/mol. The second-order valence-electron chi connectivity index (χ2n) is 5.18. The smallest absolute Gasteiger partial charge is 0.257 e. The molecule has 1 amide bonds. The molecule has 3 aromatic rings. The van der Waals surface area contributed by atoms with Gasteiger partial charge in [-0.2, -0.15) is 0 Å². The maximum Gasteiger partial charge on any atom is 0.257 e. The molecule has 3 rings (SSSR count). The molecule has 1 N–H and O–H groups in total. The first-order valence-electron chi connectivity index (χ1n) is 7.52. The molecular formula is C17H12Cl3N3O2S2. The van der Waals surface area contributed by atoms with Crippen LogP contribution in [0.5, 0.6) is 5.75 Å². The van der Waals surface area contributed by atoms with Crippen LogP contribution in [0.2, 0.25) is 15.1 Å². The number of anilines is 1. The van der Waals surface area contributed by atoms with Crippen LogP contribution in [0.15, 0.2) is 40.7 Å². The van der Waals surface area contributed by atoms with Gasteiger partial charge >= 0.3 is 0 Å². The highest BCUT2D eigenvalue weighted by Gasteiger charge is 2.15. The minimum absolute atomic E-state index is 0.253. The third-order valence-corrected chi connectivity index (χ3v) is 6.35. The van der Waals surface area contributed by atoms with E-state index >= 15 is 0 Å². The fourth-order valence-electron chi connectivity index (χ4n) is 2.13. The topological polar surface area (TPSA) is 64.1 Å². The first kappa shape index (κ1) is 20.2. The first-order valence-corrected chi connectivity index (χ1v) is 10.5. The first-order chi connectivity index (χ1) is 13.0. The minimum Gasteiger partial charge on any atom is -0.494 e. The van der Waals surface area contributed by atoms with Gasteiger partial charge in [-0.3, -0.25) is 10.1 Å². The Morgan fingerprint density at radius 3 is 2.52 bits per heavy atom. The zero-order valence-electron chi connectivity index (χ0n) is 13.8. The average molecular weight is 461 g/mol. The van der Waals surface area contributed by atoms with Crippen molar-refractivity contribution in [1.82, 2.24) is 10.2 Å². The molecule has 0 atom stereocenters. The van der Waals surface area contributed by atoms with E-state index in [1.165, 1.54) is 42.3 Å². The van der Waals surface area contributed by atoms with E-state index in [9.17, 15) is 4.79 Å². The molecule has 27 heavy (non-hydrogen) atoms. The van der Waals surface area contributed by atoms with Crippen LogP contribution < -0.4 is 10.1 Å². The summed E-state index contributed by atoms with van der Waals surface area (Å²) < 4.78 is 5.79. The quantitative estimate of drug-likeness (QED) is 0.358. The van der Waals surface area contributed by atoms with Crippen molar-refractivity contribution in [3.05, 3.63) is 62.6 Å².